The van der Waals surface area contributed by atoms with Gasteiger partial charge >= 0.3 is 0 Å². The van der Waals surface area contributed by atoms with Crippen molar-refractivity contribution < 1.29 is 5.11 Å². The Kier molecular flexibility index (Phi) is 5.07. The van der Waals surface area contributed by atoms with Gasteiger partial charge in [-0.05, 0) is 52.0 Å². The summed E-state index contributed by atoms with van der Waals surface area (Å²) in [6.45, 7) is 6.39. The summed E-state index contributed by atoms with van der Waals surface area (Å²) in [4.78, 5) is 0. The number of anilines is 1. The van der Waals surface area contributed by atoms with Crippen LogP contribution in [0.3, 0.4) is 0 Å². The summed E-state index contributed by atoms with van der Waals surface area (Å²) >= 11 is 3.54. The Morgan fingerprint density at radius 2 is 1.71 bits per heavy atom. The Bertz CT molecular complexity index is 594. The Hall–Kier alpha value is -1.32. The SMILES string of the molecule is CC(C)c1ccc(C(C)(CO)Nc2ccccc2Br)cc1. The number of aliphatic hydroxyl groups excluding tert-OH is 1. The van der Waals surface area contributed by atoms with Crippen molar-refractivity contribution in [3.63, 3.8) is 0 Å². The highest BCUT2D eigenvalue weighted by Gasteiger charge is 2.26. The van der Waals surface area contributed by atoms with Gasteiger partial charge in [0.05, 0.1) is 12.1 Å². The van der Waals surface area contributed by atoms with Gasteiger partial charge in [0.1, 0.15) is 0 Å². The van der Waals surface area contributed by atoms with Gasteiger partial charge in [0.15, 0.2) is 0 Å². The standard InChI is InChI=1S/C18H22BrNO/c1-13(2)14-8-10-15(11-9-14)18(3,12-21)20-17-7-5-4-6-16(17)19/h4-11,13,20-21H,12H2,1-3H3. The lowest BCUT2D eigenvalue weighted by Gasteiger charge is -2.31. The van der Waals surface area contributed by atoms with Crippen LogP contribution in [0.5, 0.6) is 0 Å². The number of halogens is 1. The molecule has 112 valence electrons. The first kappa shape index (κ1) is 16.1. The van der Waals surface area contributed by atoms with Gasteiger partial charge in [-0.3, -0.25) is 0 Å². The molecule has 2 nitrogen and oxygen atoms in total. The Morgan fingerprint density at radius 3 is 2.24 bits per heavy atom. The molecule has 2 rings (SSSR count). The molecule has 0 amide bonds. The smallest absolute Gasteiger partial charge is 0.0828 e. The molecule has 0 radical (unpaired) electrons. The van der Waals surface area contributed by atoms with Crippen LogP contribution in [0.1, 0.15) is 37.8 Å². The van der Waals surface area contributed by atoms with Crippen molar-refractivity contribution in [3.05, 3.63) is 64.1 Å². The Balaban J connectivity index is 2.30. The predicted octanol–water partition coefficient (Wildman–Crippen LogP) is 4.89. The molecule has 0 saturated carbocycles. The van der Waals surface area contributed by atoms with Crippen LogP contribution in [0.25, 0.3) is 0 Å². The van der Waals surface area contributed by atoms with E-state index in [9.17, 15) is 5.11 Å². The molecule has 0 aliphatic heterocycles. The third kappa shape index (κ3) is 3.66. The molecule has 1 unspecified atom stereocenters. The van der Waals surface area contributed by atoms with Crippen molar-refractivity contribution in [2.45, 2.75) is 32.2 Å². The van der Waals surface area contributed by atoms with Crippen molar-refractivity contribution in [3.8, 4) is 0 Å². The average molecular weight is 348 g/mol. The minimum absolute atomic E-state index is 0.0232. The fourth-order valence-corrected chi connectivity index (χ4v) is 2.68. The molecule has 21 heavy (non-hydrogen) atoms. The summed E-state index contributed by atoms with van der Waals surface area (Å²) in [5.74, 6) is 0.510. The lowest BCUT2D eigenvalue weighted by molar-refractivity contribution is 0.224. The molecule has 0 aromatic heterocycles. The van der Waals surface area contributed by atoms with Crippen molar-refractivity contribution in [1.29, 1.82) is 0 Å². The van der Waals surface area contributed by atoms with Crippen molar-refractivity contribution >= 4 is 21.6 Å². The second kappa shape index (κ2) is 6.63. The number of rotatable bonds is 5. The van der Waals surface area contributed by atoms with Gasteiger partial charge in [0.2, 0.25) is 0 Å². The number of aliphatic hydroxyl groups is 1. The zero-order valence-electron chi connectivity index (χ0n) is 12.7. The molecular formula is C18H22BrNO. The highest BCUT2D eigenvalue weighted by molar-refractivity contribution is 9.10. The average Bonchev–Trinajstić information content (AvgIpc) is 2.49. The molecule has 0 saturated heterocycles. The van der Waals surface area contributed by atoms with E-state index in [0.717, 1.165) is 15.7 Å². The highest BCUT2D eigenvalue weighted by Crippen LogP contribution is 2.30. The molecule has 2 aromatic rings. The van der Waals surface area contributed by atoms with E-state index < -0.39 is 5.54 Å². The van der Waals surface area contributed by atoms with Gasteiger partial charge in [0.25, 0.3) is 0 Å². The van der Waals surface area contributed by atoms with Crippen LogP contribution in [0, 0.1) is 0 Å². The van der Waals surface area contributed by atoms with E-state index in [1.807, 2.05) is 31.2 Å². The molecule has 2 N–H and O–H groups in total. The molecule has 0 aliphatic carbocycles. The van der Waals surface area contributed by atoms with Crippen LogP contribution < -0.4 is 5.32 Å². The van der Waals surface area contributed by atoms with Gasteiger partial charge in [-0.2, -0.15) is 0 Å². The number of nitrogens with one attached hydrogen (secondary N) is 1. The Labute approximate surface area is 135 Å². The van der Waals surface area contributed by atoms with Gasteiger partial charge in [0, 0.05) is 10.2 Å². The predicted molar refractivity (Wildman–Crippen MR) is 92.7 cm³/mol. The summed E-state index contributed by atoms with van der Waals surface area (Å²) in [6, 6.07) is 16.4. The van der Waals surface area contributed by atoms with E-state index in [2.05, 4.69) is 59.4 Å². The second-order valence-electron chi connectivity index (χ2n) is 5.87. The second-order valence-corrected chi connectivity index (χ2v) is 6.73. The van der Waals surface area contributed by atoms with Crippen LogP contribution in [0.2, 0.25) is 0 Å². The van der Waals surface area contributed by atoms with Crippen molar-refractivity contribution in [1.82, 2.24) is 0 Å². The normalized spacial score (nSPS) is 14.0. The zero-order chi connectivity index (χ0) is 15.5. The third-order valence-electron chi connectivity index (χ3n) is 3.82. The summed E-state index contributed by atoms with van der Waals surface area (Å²) in [5, 5.41) is 13.3. The first-order valence-corrected chi connectivity index (χ1v) is 7.99. The van der Waals surface area contributed by atoms with Gasteiger partial charge in [-0.25, -0.2) is 0 Å². The maximum atomic E-state index is 9.89. The monoisotopic (exact) mass is 347 g/mol. The van der Waals surface area contributed by atoms with E-state index in [1.54, 1.807) is 0 Å². The molecule has 0 fully saturated rings. The molecule has 0 aliphatic rings. The molecule has 0 bridgehead atoms. The maximum Gasteiger partial charge on any atom is 0.0828 e. The van der Waals surface area contributed by atoms with E-state index >= 15 is 0 Å². The highest BCUT2D eigenvalue weighted by atomic mass is 79.9. The van der Waals surface area contributed by atoms with E-state index in [1.165, 1.54) is 5.56 Å². The van der Waals surface area contributed by atoms with Crippen LogP contribution in [-0.4, -0.2) is 11.7 Å². The summed E-state index contributed by atoms with van der Waals surface area (Å²) in [5.41, 5.74) is 2.84. The number of benzene rings is 2. The van der Waals surface area contributed by atoms with Gasteiger partial charge < -0.3 is 10.4 Å². The summed E-state index contributed by atoms with van der Waals surface area (Å²) in [6.07, 6.45) is 0. The molecular weight excluding hydrogens is 326 g/mol. The lowest BCUT2D eigenvalue weighted by atomic mass is 9.90. The van der Waals surface area contributed by atoms with Crippen LogP contribution in [0.15, 0.2) is 53.0 Å². The largest absolute Gasteiger partial charge is 0.394 e. The number of para-hydroxylation sites is 1. The first-order chi connectivity index (χ1) is 9.96. The van der Waals surface area contributed by atoms with Crippen LogP contribution >= 0.6 is 15.9 Å². The van der Waals surface area contributed by atoms with E-state index in [-0.39, 0.29) is 6.61 Å². The van der Waals surface area contributed by atoms with E-state index in [4.69, 9.17) is 0 Å². The van der Waals surface area contributed by atoms with Crippen molar-refractivity contribution in [2.24, 2.45) is 0 Å². The topological polar surface area (TPSA) is 32.3 Å². The number of hydrogen-bond acceptors (Lipinski definition) is 2. The number of hydrogen-bond donors (Lipinski definition) is 2. The molecule has 3 heteroatoms. The van der Waals surface area contributed by atoms with Gasteiger partial charge in [-0.1, -0.05) is 50.2 Å². The quantitative estimate of drug-likeness (QED) is 0.806. The van der Waals surface area contributed by atoms with Crippen LogP contribution in [-0.2, 0) is 5.54 Å². The summed E-state index contributed by atoms with van der Waals surface area (Å²) in [7, 11) is 0. The third-order valence-corrected chi connectivity index (χ3v) is 4.51. The fraction of sp³-hybridized carbons (Fsp3) is 0.333. The van der Waals surface area contributed by atoms with Gasteiger partial charge in [-0.15, -0.1) is 0 Å². The van der Waals surface area contributed by atoms with Crippen molar-refractivity contribution in [2.75, 3.05) is 11.9 Å². The molecule has 2 aromatic carbocycles. The zero-order valence-corrected chi connectivity index (χ0v) is 14.3. The fourth-order valence-electron chi connectivity index (χ4n) is 2.30. The van der Waals surface area contributed by atoms with Crippen LogP contribution in [0.4, 0.5) is 5.69 Å². The minimum atomic E-state index is -0.515. The lowest BCUT2D eigenvalue weighted by Crippen LogP contribution is -2.36. The molecule has 1 atom stereocenters. The Morgan fingerprint density at radius 1 is 1.10 bits per heavy atom. The minimum Gasteiger partial charge on any atom is -0.394 e. The summed E-state index contributed by atoms with van der Waals surface area (Å²) < 4.78 is 0.989. The molecule has 0 heterocycles. The van der Waals surface area contributed by atoms with E-state index in [0.29, 0.717) is 5.92 Å². The first-order valence-electron chi connectivity index (χ1n) is 7.20. The maximum absolute atomic E-state index is 9.89. The molecule has 0 spiro atoms.